The van der Waals surface area contributed by atoms with Gasteiger partial charge in [0.05, 0.1) is 23.2 Å². The van der Waals surface area contributed by atoms with Crippen molar-refractivity contribution in [1.29, 1.82) is 5.41 Å². The minimum atomic E-state index is -0.199. The van der Waals surface area contributed by atoms with Gasteiger partial charge in [-0.3, -0.25) is 15.0 Å². The maximum atomic E-state index is 8.28. The van der Waals surface area contributed by atoms with E-state index in [-0.39, 0.29) is 6.04 Å². The zero-order valence-corrected chi connectivity index (χ0v) is 17.4. The van der Waals surface area contributed by atoms with Crippen LogP contribution in [0.2, 0.25) is 0 Å². The van der Waals surface area contributed by atoms with E-state index in [2.05, 4.69) is 29.9 Å². The van der Waals surface area contributed by atoms with E-state index >= 15 is 0 Å². The van der Waals surface area contributed by atoms with E-state index in [0.29, 0.717) is 11.4 Å². The zero-order chi connectivity index (χ0) is 20.8. The number of aromatic amines is 1. The van der Waals surface area contributed by atoms with Gasteiger partial charge in [-0.2, -0.15) is 0 Å². The number of pyridine rings is 1. The van der Waals surface area contributed by atoms with Crippen LogP contribution in [0.25, 0.3) is 10.9 Å². The second-order valence-electron chi connectivity index (χ2n) is 7.15. The molecule has 2 heterocycles. The molecule has 148 valence electrons. The summed E-state index contributed by atoms with van der Waals surface area (Å²) in [7, 11) is 0. The van der Waals surface area contributed by atoms with Gasteiger partial charge in [-0.1, -0.05) is 30.7 Å². The molecular formula is C24H27N5. The van der Waals surface area contributed by atoms with Gasteiger partial charge in [0.2, 0.25) is 0 Å². The number of benzene rings is 1. The van der Waals surface area contributed by atoms with E-state index in [0.717, 1.165) is 34.3 Å². The Labute approximate surface area is 171 Å². The van der Waals surface area contributed by atoms with Gasteiger partial charge in [0.1, 0.15) is 5.71 Å². The molecule has 3 aromatic rings. The standard InChI is InChI=1S/C24H27N5/c1-5-16(2)13-23(20-7-6-11-26-15-20)29-24(17(3)25)18(4)28-21-9-8-19-10-12-27-22(19)14-21/h6-15,23,25,27H,5H2,1-4H3. The molecule has 5 nitrogen and oxygen atoms in total. The summed E-state index contributed by atoms with van der Waals surface area (Å²) in [5.74, 6) is 0. The van der Waals surface area contributed by atoms with Crippen molar-refractivity contribution in [2.75, 3.05) is 0 Å². The number of nitrogens with one attached hydrogen (secondary N) is 2. The zero-order valence-electron chi connectivity index (χ0n) is 17.4. The van der Waals surface area contributed by atoms with Gasteiger partial charge in [0.15, 0.2) is 0 Å². The van der Waals surface area contributed by atoms with E-state index < -0.39 is 0 Å². The first-order valence-corrected chi connectivity index (χ1v) is 9.81. The van der Waals surface area contributed by atoms with Crippen LogP contribution in [0.1, 0.15) is 45.7 Å². The number of nitrogens with zero attached hydrogens (tertiary/aromatic N) is 3. The highest BCUT2D eigenvalue weighted by atomic mass is 14.9. The van der Waals surface area contributed by atoms with Crippen molar-refractivity contribution in [2.45, 2.75) is 40.2 Å². The Morgan fingerprint density at radius 2 is 2.03 bits per heavy atom. The highest BCUT2D eigenvalue weighted by molar-refractivity contribution is 6.67. The Morgan fingerprint density at radius 3 is 2.72 bits per heavy atom. The Kier molecular flexibility index (Phi) is 6.50. The van der Waals surface area contributed by atoms with Gasteiger partial charge < -0.3 is 10.4 Å². The molecule has 0 radical (unpaired) electrons. The van der Waals surface area contributed by atoms with Gasteiger partial charge >= 0.3 is 0 Å². The van der Waals surface area contributed by atoms with E-state index in [4.69, 9.17) is 15.4 Å². The second-order valence-corrected chi connectivity index (χ2v) is 7.15. The normalized spacial score (nSPS) is 14.3. The average Bonchev–Trinajstić information content (AvgIpc) is 3.19. The maximum absolute atomic E-state index is 8.28. The van der Waals surface area contributed by atoms with Crippen LogP contribution < -0.4 is 0 Å². The van der Waals surface area contributed by atoms with Crippen LogP contribution in [0.15, 0.2) is 76.6 Å². The summed E-state index contributed by atoms with van der Waals surface area (Å²) in [6.45, 7) is 7.89. The van der Waals surface area contributed by atoms with E-state index in [1.165, 1.54) is 5.57 Å². The summed E-state index contributed by atoms with van der Waals surface area (Å²) >= 11 is 0. The van der Waals surface area contributed by atoms with Crippen molar-refractivity contribution in [3.63, 3.8) is 0 Å². The quantitative estimate of drug-likeness (QED) is 0.367. The molecule has 0 saturated carbocycles. The Hall–Kier alpha value is -3.34. The lowest BCUT2D eigenvalue weighted by atomic mass is 10.0. The third-order valence-corrected chi connectivity index (χ3v) is 4.83. The smallest absolute Gasteiger partial charge is 0.100 e. The lowest BCUT2D eigenvalue weighted by Gasteiger charge is -2.13. The highest BCUT2D eigenvalue weighted by Gasteiger charge is 2.14. The Morgan fingerprint density at radius 1 is 1.21 bits per heavy atom. The van der Waals surface area contributed by atoms with Crippen LogP contribution >= 0.6 is 0 Å². The van der Waals surface area contributed by atoms with Gasteiger partial charge in [-0.25, -0.2) is 0 Å². The summed E-state index contributed by atoms with van der Waals surface area (Å²) in [5, 5.41) is 9.43. The molecule has 0 spiro atoms. The molecule has 2 aromatic heterocycles. The molecular weight excluding hydrogens is 358 g/mol. The molecule has 1 unspecified atom stereocenters. The van der Waals surface area contributed by atoms with Crippen molar-refractivity contribution < 1.29 is 0 Å². The number of fused-ring (bicyclic) bond motifs is 1. The minimum Gasteiger partial charge on any atom is -0.361 e. The molecule has 5 heteroatoms. The first kappa shape index (κ1) is 20.4. The summed E-state index contributed by atoms with van der Waals surface area (Å²) in [6.07, 6.45) is 8.59. The summed E-state index contributed by atoms with van der Waals surface area (Å²) in [5.41, 5.74) is 5.84. The molecule has 1 aromatic carbocycles. The van der Waals surface area contributed by atoms with Crippen molar-refractivity contribution in [2.24, 2.45) is 9.98 Å². The fraction of sp³-hybridized carbons (Fsp3) is 0.250. The highest BCUT2D eigenvalue weighted by Crippen LogP contribution is 2.23. The van der Waals surface area contributed by atoms with Crippen LogP contribution in [0.3, 0.4) is 0 Å². The third kappa shape index (κ3) is 5.13. The number of H-pyrrole nitrogens is 1. The summed E-state index contributed by atoms with van der Waals surface area (Å²) < 4.78 is 0. The molecule has 3 rings (SSSR count). The Bertz CT molecular complexity index is 1090. The lowest BCUT2D eigenvalue weighted by molar-refractivity contribution is 0.883. The van der Waals surface area contributed by atoms with E-state index in [9.17, 15) is 0 Å². The molecule has 0 aliphatic rings. The number of allylic oxidation sites excluding steroid dienone is 1. The molecule has 29 heavy (non-hydrogen) atoms. The second kappa shape index (κ2) is 9.24. The molecule has 0 aliphatic heterocycles. The number of aromatic nitrogens is 2. The van der Waals surface area contributed by atoms with Gasteiger partial charge in [0, 0.05) is 24.1 Å². The van der Waals surface area contributed by atoms with Crippen molar-refractivity contribution in [3.05, 3.63) is 72.2 Å². The summed E-state index contributed by atoms with van der Waals surface area (Å²) in [6, 6.07) is 11.8. The minimum absolute atomic E-state index is 0.199. The molecule has 2 N–H and O–H groups in total. The van der Waals surface area contributed by atoms with E-state index in [1.807, 2.05) is 55.7 Å². The predicted molar refractivity (Wildman–Crippen MR) is 123 cm³/mol. The molecule has 1 atom stereocenters. The first-order valence-electron chi connectivity index (χ1n) is 9.81. The topological polar surface area (TPSA) is 77.2 Å². The van der Waals surface area contributed by atoms with Crippen LogP contribution in [0, 0.1) is 5.41 Å². The monoisotopic (exact) mass is 385 g/mol. The number of hydrogen-bond donors (Lipinski definition) is 2. The number of hydrogen-bond acceptors (Lipinski definition) is 4. The fourth-order valence-corrected chi connectivity index (χ4v) is 3.10. The molecule has 0 aliphatic carbocycles. The van der Waals surface area contributed by atoms with Gasteiger partial charge in [-0.15, -0.1) is 0 Å². The molecule has 0 saturated heterocycles. The Balaban J connectivity index is 2.03. The van der Waals surface area contributed by atoms with Crippen molar-refractivity contribution in [1.82, 2.24) is 9.97 Å². The van der Waals surface area contributed by atoms with Crippen LogP contribution in [-0.4, -0.2) is 27.1 Å². The number of rotatable bonds is 7. The predicted octanol–water partition coefficient (Wildman–Crippen LogP) is 6.23. The maximum Gasteiger partial charge on any atom is 0.100 e. The van der Waals surface area contributed by atoms with Crippen LogP contribution in [-0.2, 0) is 0 Å². The molecule has 0 fully saturated rings. The SMILES string of the molecule is CCC(C)=CC(N=C(C(C)=N)C(C)=Nc1ccc2cc[nH]c2c1)c1cccnc1. The summed E-state index contributed by atoms with van der Waals surface area (Å²) in [4.78, 5) is 17.1. The van der Waals surface area contributed by atoms with Crippen LogP contribution in [0.5, 0.6) is 0 Å². The largest absolute Gasteiger partial charge is 0.361 e. The number of aliphatic imine (C=N–C) groups is 2. The first-order chi connectivity index (χ1) is 14.0. The average molecular weight is 386 g/mol. The van der Waals surface area contributed by atoms with Crippen LogP contribution in [0.4, 0.5) is 5.69 Å². The lowest BCUT2D eigenvalue weighted by Crippen LogP contribution is -2.20. The van der Waals surface area contributed by atoms with Gasteiger partial charge in [-0.05, 0) is 62.4 Å². The van der Waals surface area contributed by atoms with E-state index in [1.54, 1.807) is 13.1 Å². The van der Waals surface area contributed by atoms with Crippen molar-refractivity contribution in [3.8, 4) is 0 Å². The van der Waals surface area contributed by atoms with Crippen molar-refractivity contribution >= 4 is 33.7 Å². The molecule has 0 amide bonds. The molecule has 0 bridgehead atoms. The fourth-order valence-electron chi connectivity index (χ4n) is 3.10. The third-order valence-electron chi connectivity index (χ3n) is 4.83. The van der Waals surface area contributed by atoms with Gasteiger partial charge in [0.25, 0.3) is 0 Å².